The fourth-order valence-corrected chi connectivity index (χ4v) is 3.06. The van der Waals surface area contributed by atoms with Gasteiger partial charge in [-0.15, -0.1) is 24.0 Å². The molecule has 0 aromatic heterocycles. The van der Waals surface area contributed by atoms with E-state index in [0.717, 1.165) is 35.4 Å². The van der Waals surface area contributed by atoms with E-state index in [1.54, 1.807) is 7.05 Å². The highest BCUT2D eigenvalue weighted by Crippen LogP contribution is 2.30. The van der Waals surface area contributed by atoms with E-state index in [9.17, 15) is 4.79 Å². The number of aliphatic imine (C=N–C) groups is 1. The topological polar surface area (TPSA) is 74.8 Å². The van der Waals surface area contributed by atoms with Crippen LogP contribution in [-0.4, -0.2) is 32.1 Å². The lowest BCUT2D eigenvalue weighted by atomic mass is 10.1. The third kappa shape index (κ3) is 8.05. The molecule has 0 spiro atoms. The van der Waals surface area contributed by atoms with E-state index in [2.05, 4.69) is 46.1 Å². The molecule has 1 fully saturated rings. The summed E-state index contributed by atoms with van der Waals surface area (Å²) in [6.45, 7) is 6.67. The number of carbonyl (C=O) groups is 1. The van der Waals surface area contributed by atoms with E-state index in [4.69, 9.17) is 4.74 Å². The van der Waals surface area contributed by atoms with E-state index < -0.39 is 0 Å². The number of ether oxygens (including phenoxy) is 1. The minimum atomic E-state index is -0.0488. The number of amides is 1. The molecule has 3 N–H and O–H groups in total. The van der Waals surface area contributed by atoms with Gasteiger partial charge in [-0.25, -0.2) is 0 Å². The van der Waals surface area contributed by atoms with Crippen LogP contribution in [0, 0.1) is 12.8 Å². The summed E-state index contributed by atoms with van der Waals surface area (Å²) in [4.78, 5) is 16.2. The lowest BCUT2D eigenvalue weighted by Crippen LogP contribution is -2.36. The SMILES string of the molecule is CCNC(=O)c1ccc(CNC(=NC)NCc2ccc(C)cc2OCC2CC2)cc1.I. The third-order valence-corrected chi connectivity index (χ3v) is 5.08. The first kappa shape index (κ1) is 25.0. The van der Waals surface area contributed by atoms with E-state index in [0.29, 0.717) is 25.2 Å². The van der Waals surface area contributed by atoms with Gasteiger partial charge in [-0.3, -0.25) is 9.79 Å². The molecule has 0 heterocycles. The maximum atomic E-state index is 11.9. The van der Waals surface area contributed by atoms with Gasteiger partial charge in [0.2, 0.25) is 0 Å². The van der Waals surface area contributed by atoms with E-state index >= 15 is 0 Å². The standard InChI is InChI=1S/C24H32N4O2.HI/c1-4-26-23(29)20-11-8-18(9-12-20)14-27-24(25-3)28-15-21-10-5-17(2)13-22(21)30-16-19-6-7-19;/h5,8-13,19H,4,6-7,14-16H2,1-3H3,(H,26,29)(H2,25,27,28);1H. The van der Waals surface area contributed by atoms with Crippen molar-refractivity contribution in [2.75, 3.05) is 20.2 Å². The molecule has 2 aromatic rings. The number of aryl methyl sites for hydroxylation is 1. The molecular formula is C24H33IN4O2. The zero-order chi connectivity index (χ0) is 21.3. The van der Waals surface area contributed by atoms with Gasteiger partial charge in [0.15, 0.2) is 5.96 Å². The van der Waals surface area contributed by atoms with E-state index in [1.165, 1.54) is 18.4 Å². The number of nitrogens with zero attached hydrogens (tertiary/aromatic N) is 1. The summed E-state index contributed by atoms with van der Waals surface area (Å²) in [6, 6.07) is 13.9. The van der Waals surface area contributed by atoms with Gasteiger partial charge in [-0.05, 0) is 61.9 Å². The average Bonchev–Trinajstić information content (AvgIpc) is 3.58. The van der Waals surface area contributed by atoms with Gasteiger partial charge in [-0.1, -0.05) is 24.3 Å². The van der Waals surface area contributed by atoms with Crippen LogP contribution in [0.15, 0.2) is 47.5 Å². The van der Waals surface area contributed by atoms with Gasteiger partial charge in [0.25, 0.3) is 5.91 Å². The average molecular weight is 536 g/mol. The van der Waals surface area contributed by atoms with Crippen molar-refractivity contribution in [2.45, 2.75) is 39.8 Å². The zero-order valence-electron chi connectivity index (χ0n) is 18.5. The van der Waals surface area contributed by atoms with Crippen molar-refractivity contribution in [2.24, 2.45) is 10.9 Å². The summed E-state index contributed by atoms with van der Waals surface area (Å²) in [5.41, 5.74) is 4.06. The Bertz CT molecular complexity index is 880. The van der Waals surface area contributed by atoms with Crippen LogP contribution in [0.1, 0.15) is 46.8 Å². The molecule has 0 radical (unpaired) electrons. The lowest BCUT2D eigenvalue weighted by Gasteiger charge is -2.15. The van der Waals surface area contributed by atoms with Crippen LogP contribution in [0.3, 0.4) is 0 Å². The molecule has 1 aliphatic rings. The van der Waals surface area contributed by atoms with Gasteiger partial charge in [-0.2, -0.15) is 0 Å². The minimum Gasteiger partial charge on any atom is -0.493 e. The van der Waals surface area contributed by atoms with Crippen molar-refractivity contribution in [3.05, 3.63) is 64.7 Å². The van der Waals surface area contributed by atoms with Crippen LogP contribution < -0.4 is 20.7 Å². The number of nitrogens with one attached hydrogen (secondary N) is 3. The van der Waals surface area contributed by atoms with Crippen LogP contribution in [0.4, 0.5) is 0 Å². The molecule has 1 saturated carbocycles. The molecule has 0 atom stereocenters. The van der Waals surface area contributed by atoms with Crippen molar-refractivity contribution in [3.8, 4) is 5.75 Å². The molecule has 0 bridgehead atoms. The summed E-state index contributed by atoms with van der Waals surface area (Å²) in [6.07, 6.45) is 2.56. The number of carbonyl (C=O) groups excluding carboxylic acids is 1. The van der Waals surface area contributed by atoms with Crippen LogP contribution in [0.5, 0.6) is 5.75 Å². The van der Waals surface area contributed by atoms with Gasteiger partial charge in [0.05, 0.1) is 6.61 Å². The molecule has 1 amide bonds. The highest BCUT2D eigenvalue weighted by atomic mass is 127. The summed E-state index contributed by atoms with van der Waals surface area (Å²) >= 11 is 0. The van der Waals surface area contributed by atoms with Gasteiger partial charge in [0.1, 0.15) is 5.75 Å². The quantitative estimate of drug-likeness (QED) is 0.257. The van der Waals surface area contributed by atoms with Crippen LogP contribution in [-0.2, 0) is 13.1 Å². The van der Waals surface area contributed by atoms with Crippen LogP contribution in [0.2, 0.25) is 0 Å². The fourth-order valence-electron chi connectivity index (χ4n) is 3.06. The Morgan fingerprint density at radius 1 is 1.06 bits per heavy atom. The summed E-state index contributed by atoms with van der Waals surface area (Å²) < 4.78 is 6.05. The van der Waals surface area contributed by atoms with Gasteiger partial charge < -0.3 is 20.7 Å². The monoisotopic (exact) mass is 536 g/mol. The minimum absolute atomic E-state index is 0. The predicted octanol–water partition coefficient (Wildman–Crippen LogP) is 4.02. The Kier molecular flexibility index (Phi) is 10.1. The summed E-state index contributed by atoms with van der Waals surface area (Å²) in [5, 5.41) is 9.48. The smallest absolute Gasteiger partial charge is 0.251 e. The normalized spacial score (nSPS) is 13.2. The second-order valence-electron chi connectivity index (χ2n) is 7.70. The second kappa shape index (κ2) is 12.5. The Morgan fingerprint density at radius 3 is 2.42 bits per heavy atom. The van der Waals surface area contributed by atoms with E-state index in [1.807, 2.05) is 31.2 Å². The highest BCUT2D eigenvalue weighted by Gasteiger charge is 2.22. The number of hydrogen-bond donors (Lipinski definition) is 3. The fraction of sp³-hybridized carbons (Fsp3) is 0.417. The molecule has 3 rings (SSSR count). The van der Waals surface area contributed by atoms with Crippen molar-refractivity contribution in [1.82, 2.24) is 16.0 Å². The number of guanidine groups is 1. The largest absolute Gasteiger partial charge is 0.493 e. The molecule has 2 aromatic carbocycles. The molecule has 6 nitrogen and oxygen atoms in total. The van der Waals surface area contributed by atoms with E-state index in [-0.39, 0.29) is 29.9 Å². The Hall–Kier alpha value is -2.29. The maximum Gasteiger partial charge on any atom is 0.251 e. The number of hydrogen-bond acceptors (Lipinski definition) is 3. The number of benzene rings is 2. The highest BCUT2D eigenvalue weighted by molar-refractivity contribution is 14.0. The molecule has 0 aliphatic heterocycles. The van der Waals surface area contributed by atoms with Crippen LogP contribution in [0.25, 0.3) is 0 Å². The third-order valence-electron chi connectivity index (χ3n) is 5.08. The predicted molar refractivity (Wildman–Crippen MR) is 136 cm³/mol. The molecule has 0 saturated heterocycles. The Labute approximate surface area is 202 Å². The van der Waals surface area contributed by atoms with Gasteiger partial charge >= 0.3 is 0 Å². The summed E-state index contributed by atoms with van der Waals surface area (Å²) in [7, 11) is 1.76. The molecule has 1 aliphatic carbocycles. The molecular weight excluding hydrogens is 503 g/mol. The van der Waals surface area contributed by atoms with Crippen molar-refractivity contribution in [3.63, 3.8) is 0 Å². The molecule has 31 heavy (non-hydrogen) atoms. The Balaban J connectivity index is 0.00000341. The maximum absolute atomic E-state index is 11.9. The van der Waals surface area contributed by atoms with Crippen LogP contribution >= 0.6 is 24.0 Å². The molecule has 0 unspecified atom stereocenters. The first-order chi connectivity index (χ1) is 14.6. The molecule has 7 heteroatoms. The second-order valence-corrected chi connectivity index (χ2v) is 7.70. The first-order valence-electron chi connectivity index (χ1n) is 10.6. The van der Waals surface area contributed by atoms with Gasteiger partial charge in [0, 0.05) is 37.8 Å². The number of rotatable bonds is 9. The lowest BCUT2D eigenvalue weighted by molar-refractivity contribution is 0.0956. The Morgan fingerprint density at radius 2 is 1.77 bits per heavy atom. The molecule has 168 valence electrons. The first-order valence-corrected chi connectivity index (χ1v) is 10.6. The zero-order valence-corrected chi connectivity index (χ0v) is 20.9. The summed E-state index contributed by atoms with van der Waals surface area (Å²) in [5.74, 6) is 2.34. The van der Waals surface area contributed by atoms with Crippen molar-refractivity contribution >= 4 is 35.8 Å². The van der Waals surface area contributed by atoms with Crippen molar-refractivity contribution in [1.29, 1.82) is 0 Å². The number of halogens is 1. The van der Waals surface area contributed by atoms with Crippen molar-refractivity contribution < 1.29 is 9.53 Å².